The van der Waals surface area contributed by atoms with Gasteiger partial charge in [0.2, 0.25) is 0 Å². The third-order valence-corrected chi connectivity index (χ3v) is 2.61. The van der Waals surface area contributed by atoms with E-state index in [1.165, 1.54) is 4.68 Å². The number of carbonyl (C=O) groups is 2. The average molecular weight is 253 g/mol. The second-order valence-electron chi connectivity index (χ2n) is 4.19. The molecule has 0 saturated carbocycles. The summed E-state index contributed by atoms with van der Waals surface area (Å²) in [6, 6.07) is 1.62. The van der Waals surface area contributed by atoms with Crippen LogP contribution in [0, 0.1) is 0 Å². The predicted molar refractivity (Wildman–Crippen MR) is 66.3 cm³/mol. The Kier molecular flexibility index (Phi) is 5.35. The maximum absolute atomic E-state index is 11.9. The molecule has 6 heteroatoms. The lowest BCUT2D eigenvalue weighted by atomic mass is 10.3. The summed E-state index contributed by atoms with van der Waals surface area (Å²) in [4.78, 5) is 24.0. The van der Waals surface area contributed by atoms with Crippen LogP contribution >= 0.6 is 0 Å². The predicted octanol–water partition coefficient (Wildman–Crippen LogP) is 1.23. The van der Waals surface area contributed by atoms with Gasteiger partial charge in [0.1, 0.15) is 5.69 Å². The molecule has 0 saturated heterocycles. The standard InChI is InChI=1S/C12H19N3O3/c1-3-4-7-14(2)12(18)10-5-8-15(13-10)9-6-11(16)17/h5,8H,3-4,6-7,9H2,1-2H3,(H,16,17). The molecule has 1 rings (SSSR count). The number of carboxylic acids is 1. The van der Waals surface area contributed by atoms with Gasteiger partial charge in [0.15, 0.2) is 0 Å². The van der Waals surface area contributed by atoms with Crippen molar-refractivity contribution in [2.45, 2.75) is 32.7 Å². The Bertz CT molecular complexity index is 414. The third-order valence-electron chi connectivity index (χ3n) is 2.61. The number of carbonyl (C=O) groups excluding carboxylic acids is 1. The highest BCUT2D eigenvalue weighted by Gasteiger charge is 2.14. The highest BCUT2D eigenvalue weighted by Crippen LogP contribution is 2.03. The van der Waals surface area contributed by atoms with E-state index in [0.29, 0.717) is 12.2 Å². The zero-order valence-electron chi connectivity index (χ0n) is 10.8. The van der Waals surface area contributed by atoms with Gasteiger partial charge in [0.05, 0.1) is 13.0 Å². The van der Waals surface area contributed by atoms with Crippen LogP contribution in [0.15, 0.2) is 12.3 Å². The Morgan fingerprint density at radius 2 is 2.22 bits per heavy atom. The van der Waals surface area contributed by atoms with Crippen LogP contribution in [-0.2, 0) is 11.3 Å². The first kappa shape index (κ1) is 14.2. The fourth-order valence-electron chi connectivity index (χ4n) is 1.50. The van der Waals surface area contributed by atoms with Gasteiger partial charge in [-0.25, -0.2) is 0 Å². The quantitative estimate of drug-likeness (QED) is 0.793. The number of aryl methyl sites for hydroxylation is 1. The molecular formula is C12H19N3O3. The molecule has 0 aliphatic heterocycles. The van der Waals surface area contributed by atoms with Gasteiger partial charge in [-0.05, 0) is 12.5 Å². The maximum Gasteiger partial charge on any atom is 0.305 e. The first-order valence-corrected chi connectivity index (χ1v) is 6.05. The summed E-state index contributed by atoms with van der Waals surface area (Å²) in [7, 11) is 1.74. The molecule has 0 atom stereocenters. The second kappa shape index (κ2) is 6.78. The van der Waals surface area contributed by atoms with Gasteiger partial charge >= 0.3 is 5.97 Å². The maximum atomic E-state index is 11.9. The van der Waals surface area contributed by atoms with E-state index >= 15 is 0 Å². The van der Waals surface area contributed by atoms with Crippen molar-refractivity contribution in [2.75, 3.05) is 13.6 Å². The van der Waals surface area contributed by atoms with E-state index in [0.717, 1.165) is 12.8 Å². The minimum atomic E-state index is -0.876. The highest BCUT2D eigenvalue weighted by molar-refractivity contribution is 5.91. The van der Waals surface area contributed by atoms with Crippen molar-refractivity contribution in [3.63, 3.8) is 0 Å². The van der Waals surface area contributed by atoms with E-state index < -0.39 is 5.97 Å². The Balaban J connectivity index is 2.56. The van der Waals surface area contributed by atoms with Gasteiger partial charge in [0.25, 0.3) is 5.91 Å². The largest absolute Gasteiger partial charge is 0.481 e. The lowest BCUT2D eigenvalue weighted by molar-refractivity contribution is -0.137. The summed E-state index contributed by atoms with van der Waals surface area (Å²) in [5, 5.41) is 12.6. The van der Waals surface area contributed by atoms with Gasteiger partial charge in [-0.3, -0.25) is 14.3 Å². The molecule has 1 N–H and O–H groups in total. The number of rotatable bonds is 7. The molecule has 0 aromatic carbocycles. The van der Waals surface area contributed by atoms with Crippen molar-refractivity contribution >= 4 is 11.9 Å². The summed E-state index contributed by atoms with van der Waals surface area (Å²) in [6.45, 7) is 3.05. The van der Waals surface area contributed by atoms with Crippen LogP contribution in [-0.4, -0.2) is 45.3 Å². The summed E-state index contributed by atoms with van der Waals surface area (Å²) in [5.74, 6) is -1.00. The van der Waals surface area contributed by atoms with E-state index in [4.69, 9.17) is 5.11 Å². The number of aromatic nitrogens is 2. The SMILES string of the molecule is CCCCN(C)C(=O)c1ccn(CCC(=O)O)n1. The molecule has 0 unspecified atom stereocenters. The number of aliphatic carboxylic acids is 1. The van der Waals surface area contributed by atoms with Crippen LogP contribution in [0.4, 0.5) is 0 Å². The van der Waals surface area contributed by atoms with Gasteiger partial charge < -0.3 is 10.0 Å². The molecule has 0 fully saturated rings. The Morgan fingerprint density at radius 1 is 1.50 bits per heavy atom. The molecule has 0 radical (unpaired) electrons. The summed E-state index contributed by atoms with van der Waals surface area (Å²) in [5.41, 5.74) is 0.360. The summed E-state index contributed by atoms with van der Waals surface area (Å²) >= 11 is 0. The van der Waals surface area contributed by atoms with E-state index in [-0.39, 0.29) is 18.9 Å². The topological polar surface area (TPSA) is 75.4 Å². The fourth-order valence-corrected chi connectivity index (χ4v) is 1.50. The van der Waals surface area contributed by atoms with E-state index in [2.05, 4.69) is 12.0 Å². The normalized spacial score (nSPS) is 10.3. The first-order valence-electron chi connectivity index (χ1n) is 6.05. The molecule has 0 spiro atoms. The first-order chi connectivity index (χ1) is 8.54. The van der Waals surface area contributed by atoms with Gasteiger partial charge in [-0.1, -0.05) is 13.3 Å². The lowest BCUT2D eigenvalue weighted by Crippen LogP contribution is -2.28. The van der Waals surface area contributed by atoms with Crippen molar-refractivity contribution in [3.05, 3.63) is 18.0 Å². The second-order valence-corrected chi connectivity index (χ2v) is 4.19. The van der Waals surface area contributed by atoms with Crippen molar-refractivity contribution in [1.82, 2.24) is 14.7 Å². The van der Waals surface area contributed by atoms with E-state index in [1.807, 2.05) is 0 Å². The van der Waals surface area contributed by atoms with E-state index in [1.54, 1.807) is 24.2 Å². The minimum Gasteiger partial charge on any atom is -0.481 e. The third kappa shape index (κ3) is 4.20. The molecule has 18 heavy (non-hydrogen) atoms. The Labute approximate surface area is 106 Å². The Hall–Kier alpha value is -1.85. The molecule has 100 valence electrons. The zero-order valence-corrected chi connectivity index (χ0v) is 10.8. The molecule has 6 nitrogen and oxygen atoms in total. The highest BCUT2D eigenvalue weighted by atomic mass is 16.4. The van der Waals surface area contributed by atoms with Crippen molar-refractivity contribution in [1.29, 1.82) is 0 Å². The van der Waals surface area contributed by atoms with Crippen LogP contribution < -0.4 is 0 Å². The molecule has 1 aromatic rings. The molecule has 1 heterocycles. The molecule has 0 aliphatic rings. The molecular weight excluding hydrogens is 234 g/mol. The molecule has 1 aromatic heterocycles. The monoisotopic (exact) mass is 253 g/mol. The number of hydrogen-bond donors (Lipinski definition) is 1. The molecule has 0 bridgehead atoms. The number of hydrogen-bond acceptors (Lipinski definition) is 3. The number of unbranched alkanes of at least 4 members (excludes halogenated alkanes) is 1. The van der Waals surface area contributed by atoms with Crippen molar-refractivity contribution in [2.24, 2.45) is 0 Å². The summed E-state index contributed by atoms with van der Waals surface area (Å²) < 4.78 is 1.48. The average Bonchev–Trinajstić information content (AvgIpc) is 2.81. The Morgan fingerprint density at radius 3 is 2.83 bits per heavy atom. The van der Waals surface area contributed by atoms with Crippen LogP contribution in [0.25, 0.3) is 0 Å². The van der Waals surface area contributed by atoms with Gasteiger partial charge in [0, 0.05) is 19.8 Å². The fraction of sp³-hybridized carbons (Fsp3) is 0.583. The zero-order chi connectivity index (χ0) is 13.5. The molecule has 1 amide bonds. The van der Waals surface area contributed by atoms with Crippen LogP contribution in [0.1, 0.15) is 36.7 Å². The number of nitrogens with zero attached hydrogens (tertiary/aromatic N) is 3. The van der Waals surface area contributed by atoms with Gasteiger partial charge in [-0.15, -0.1) is 0 Å². The van der Waals surface area contributed by atoms with Crippen LogP contribution in [0.3, 0.4) is 0 Å². The number of carboxylic acid groups (broad SMARTS) is 1. The summed E-state index contributed by atoms with van der Waals surface area (Å²) in [6.07, 6.45) is 3.62. The lowest BCUT2D eigenvalue weighted by Gasteiger charge is -2.14. The van der Waals surface area contributed by atoms with Crippen molar-refractivity contribution < 1.29 is 14.7 Å². The van der Waals surface area contributed by atoms with Gasteiger partial charge in [-0.2, -0.15) is 5.10 Å². The van der Waals surface area contributed by atoms with E-state index in [9.17, 15) is 9.59 Å². The minimum absolute atomic E-state index is 0.000977. The van der Waals surface area contributed by atoms with Crippen LogP contribution in [0.2, 0.25) is 0 Å². The number of amides is 1. The van der Waals surface area contributed by atoms with Crippen LogP contribution in [0.5, 0.6) is 0 Å². The van der Waals surface area contributed by atoms with Crippen molar-refractivity contribution in [3.8, 4) is 0 Å². The smallest absolute Gasteiger partial charge is 0.305 e. The molecule has 0 aliphatic carbocycles.